The number of halogens is 2. The second-order valence-corrected chi connectivity index (χ2v) is 6.16. The molecule has 126 valence electrons. The molecule has 1 aromatic carbocycles. The van der Waals surface area contributed by atoms with E-state index in [1.807, 2.05) is 36.4 Å². The SMILES string of the molecule is CN=C(NCCSc1ccc(Cl)cc1)NCCc1ccco1.I. The van der Waals surface area contributed by atoms with Gasteiger partial charge in [0.25, 0.3) is 0 Å². The van der Waals surface area contributed by atoms with Crippen molar-refractivity contribution in [3.05, 3.63) is 53.4 Å². The minimum absolute atomic E-state index is 0. The minimum Gasteiger partial charge on any atom is -0.469 e. The first kappa shape index (κ1) is 20.2. The summed E-state index contributed by atoms with van der Waals surface area (Å²) >= 11 is 7.65. The van der Waals surface area contributed by atoms with Gasteiger partial charge in [-0.25, -0.2) is 0 Å². The van der Waals surface area contributed by atoms with Gasteiger partial charge in [0.1, 0.15) is 5.76 Å². The Morgan fingerprint density at radius 1 is 1.17 bits per heavy atom. The highest BCUT2D eigenvalue weighted by atomic mass is 127. The van der Waals surface area contributed by atoms with Gasteiger partial charge in [-0.15, -0.1) is 35.7 Å². The summed E-state index contributed by atoms with van der Waals surface area (Å²) in [4.78, 5) is 5.41. The lowest BCUT2D eigenvalue weighted by Gasteiger charge is -2.11. The molecule has 0 saturated heterocycles. The van der Waals surface area contributed by atoms with Gasteiger partial charge in [-0.1, -0.05) is 11.6 Å². The van der Waals surface area contributed by atoms with Crippen LogP contribution >= 0.6 is 47.3 Å². The molecule has 1 heterocycles. The van der Waals surface area contributed by atoms with Crippen LogP contribution in [0.15, 0.2) is 57.0 Å². The van der Waals surface area contributed by atoms with Gasteiger partial charge < -0.3 is 15.1 Å². The average molecular weight is 466 g/mol. The number of nitrogens with zero attached hydrogens (tertiary/aromatic N) is 1. The van der Waals surface area contributed by atoms with Crippen molar-refractivity contribution < 1.29 is 4.42 Å². The number of furan rings is 1. The molecule has 0 unspecified atom stereocenters. The van der Waals surface area contributed by atoms with Crippen molar-refractivity contribution in [2.45, 2.75) is 11.3 Å². The lowest BCUT2D eigenvalue weighted by Crippen LogP contribution is -2.39. The van der Waals surface area contributed by atoms with Crippen LogP contribution in [0, 0.1) is 0 Å². The molecule has 0 aliphatic heterocycles. The third-order valence-electron chi connectivity index (χ3n) is 2.94. The van der Waals surface area contributed by atoms with E-state index in [1.54, 1.807) is 25.1 Å². The summed E-state index contributed by atoms with van der Waals surface area (Å²) in [6.45, 7) is 1.63. The van der Waals surface area contributed by atoms with E-state index < -0.39 is 0 Å². The minimum atomic E-state index is 0. The molecule has 2 aromatic rings. The molecule has 0 aliphatic rings. The van der Waals surface area contributed by atoms with E-state index >= 15 is 0 Å². The normalized spacial score (nSPS) is 11.0. The van der Waals surface area contributed by atoms with E-state index in [2.05, 4.69) is 15.6 Å². The Morgan fingerprint density at radius 3 is 2.57 bits per heavy atom. The van der Waals surface area contributed by atoms with Crippen LogP contribution in [0.1, 0.15) is 5.76 Å². The van der Waals surface area contributed by atoms with E-state index in [1.165, 1.54) is 4.90 Å². The summed E-state index contributed by atoms with van der Waals surface area (Å²) in [7, 11) is 1.77. The van der Waals surface area contributed by atoms with Crippen LogP contribution in [-0.2, 0) is 6.42 Å². The van der Waals surface area contributed by atoms with Crippen LogP contribution in [0.5, 0.6) is 0 Å². The fourth-order valence-electron chi connectivity index (χ4n) is 1.85. The summed E-state index contributed by atoms with van der Waals surface area (Å²) < 4.78 is 5.29. The smallest absolute Gasteiger partial charge is 0.191 e. The molecule has 2 rings (SSSR count). The summed E-state index contributed by atoms with van der Waals surface area (Å²) in [6, 6.07) is 11.8. The molecule has 0 fully saturated rings. The predicted octanol–water partition coefficient (Wildman–Crippen LogP) is 4.05. The summed E-state index contributed by atoms with van der Waals surface area (Å²) in [5.41, 5.74) is 0. The van der Waals surface area contributed by atoms with Gasteiger partial charge in [0.2, 0.25) is 0 Å². The predicted molar refractivity (Wildman–Crippen MR) is 109 cm³/mol. The lowest BCUT2D eigenvalue weighted by molar-refractivity contribution is 0.507. The summed E-state index contributed by atoms with van der Waals surface area (Å²) in [6.07, 6.45) is 2.53. The van der Waals surface area contributed by atoms with Crippen molar-refractivity contribution in [2.75, 3.05) is 25.9 Å². The Labute approximate surface area is 163 Å². The van der Waals surface area contributed by atoms with Gasteiger partial charge in [-0.3, -0.25) is 4.99 Å². The van der Waals surface area contributed by atoms with Crippen molar-refractivity contribution >= 4 is 53.3 Å². The Balaban J connectivity index is 0.00000264. The Kier molecular flexibility index (Phi) is 10.2. The van der Waals surface area contributed by atoms with Crippen LogP contribution < -0.4 is 10.6 Å². The highest BCUT2D eigenvalue weighted by Crippen LogP contribution is 2.19. The second-order valence-electron chi connectivity index (χ2n) is 4.56. The number of nitrogens with one attached hydrogen (secondary N) is 2. The molecule has 23 heavy (non-hydrogen) atoms. The topological polar surface area (TPSA) is 49.6 Å². The molecule has 0 bridgehead atoms. The van der Waals surface area contributed by atoms with Crippen molar-refractivity contribution in [2.24, 2.45) is 4.99 Å². The molecule has 0 radical (unpaired) electrons. The molecule has 2 N–H and O–H groups in total. The Morgan fingerprint density at radius 2 is 1.91 bits per heavy atom. The molecule has 0 saturated carbocycles. The lowest BCUT2D eigenvalue weighted by atomic mass is 10.3. The van der Waals surface area contributed by atoms with Gasteiger partial charge in [0.15, 0.2) is 5.96 Å². The van der Waals surface area contributed by atoms with Gasteiger partial charge in [-0.05, 0) is 36.4 Å². The zero-order valence-electron chi connectivity index (χ0n) is 12.9. The molecule has 0 atom stereocenters. The van der Waals surface area contributed by atoms with Crippen LogP contribution in [0.3, 0.4) is 0 Å². The number of benzene rings is 1. The number of aliphatic imine (C=N–C) groups is 1. The van der Waals surface area contributed by atoms with E-state index in [-0.39, 0.29) is 24.0 Å². The monoisotopic (exact) mass is 465 g/mol. The zero-order valence-corrected chi connectivity index (χ0v) is 16.8. The Bertz CT molecular complexity index is 576. The van der Waals surface area contributed by atoms with Gasteiger partial charge >= 0.3 is 0 Å². The van der Waals surface area contributed by atoms with Crippen LogP contribution in [-0.4, -0.2) is 31.8 Å². The first-order valence-corrected chi connectivity index (χ1v) is 8.49. The third-order valence-corrected chi connectivity index (χ3v) is 4.21. The number of guanidine groups is 1. The first-order valence-electron chi connectivity index (χ1n) is 7.13. The van der Waals surface area contributed by atoms with Crippen molar-refractivity contribution in [1.29, 1.82) is 0 Å². The van der Waals surface area contributed by atoms with Crippen molar-refractivity contribution in [1.82, 2.24) is 10.6 Å². The number of thioether (sulfide) groups is 1. The molecular formula is C16H21ClIN3OS. The maximum absolute atomic E-state index is 5.87. The molecule has 0 amide bonds. The van der Waals surface area contributed by atoms with Crippen LogP contribution in [0.4, 0.5) is 0 Å². The van der Waals surface area contributed by atoms with E-state index in [0.717, 1.165) is 42.0 Å². The maximum Gasteiger partial charge on any atom is 0.191 e. The largest absolute Gasteiger partial charge is 0.469 e. The van der Waals surface area contributed by atoms with E-state index in [9.17, 15) is 0 Å². The first-order chi connectivity index (χ1) is 10.8. The Hall–Kier alpha value is -0.860. The van der Waals surface area contributed by atoms with Gasteiger partial charge in [0, 0.05) is 42.2 Å². The van der Waals surface area contributed by atoms with E-state index in [0.29, 0.717) is 0 Å². The molecule has 7 heteroatoms. The van der Waals surface area contributed by atoms with Crippen LogP contribution in [0.2, 0.25) is 5.02 Å². The highest BCUT2D eigenvalue weighted by Gasteiger charge is 2.00. The number of hydrogen-bond donors (Lipinski definition) is 2. The molecule has 1 aromatic heterocycles. The molecule has 0 aliphatic carbocycles. The standard InChI is InChI=1S/C16H20ClN3OS.HI/c1-18-16(19-9-8-14-3-2-11-21-14)20-10-12-22-15-6-4-13(17)5-7-15;/h2-7,11H,8-10,12H2,1H3,(H2,18,19,20);1H. The molecule has 0 spiro atoms. The number of hydrogen-bond acceptors (Lipinski definition) is 3. The average Bonchev–Trinajstić information content (AvgIpc) is 3.04. The summed E-state index contributed by atoms with van der Waals surface area (Å²) in [5, 5.41) is 7.33. The van der Waals surface area contributed by atoms with Gasteiger partial charge in [0.05, 0.1) is 6.26 Å². The summed E-state index contributed by atoms with van der Waals surface area (Å²) in [5.74, 6) is 2.74. The highest BCUT2D eigenvalue weighted by molar-refractivity contribution is 14.0. The fourth-order valence-corrected chi connectivity index (χ4v) is 2.74. The quantitative estimate of drug-likeness (QED) is 0.213. The third kappa shape index (κ3) is 7.99. The van der Waals surface area contributed by atoms with Crippen molar-refractivity contribution in [3.63, 3.8) is 0 Å². The van der Waals surface area contributed by atoms with E-state index in [4.69, 9.17) is 16.0 Å². The molecule has 4 nitrogen and oxygen atoms in total. The molecular weight excluding hydrogens is 445 g/mol. The fraction of sp³-hybridized carbons (Fsp3) is 0.312. The maximum atomic E-state index is 5.87. The van der Waals surface area contributed by atoms with Crippen LogP contribution in [0.25, 0.3) is 0 Å². The zero-order chi connectivity index (χ0) is 15.6. The van der Waals surface area contributed by atoms with Gasteiger partial charge in [-0.2, -0.15) is 0 Å². The number of rotatable bonds is 7. The second kappa shape index (κ2) is 11.6. The van der Waals surface area contributed by atoms with Crippen molar-refractivity contribution in [3.8, 4) is 0 Å².